The van der Waals surface area contributed by atoms with E-state index in [0.717, 1.165) is 12.3 Å². The van der Waals surface area contributed by atoms with Crippen molar-refractivity contribution in [3.05, 3.63) is 45.5 Å². The van der Waals surface area contributed by atoms with Gasteiger partial charge in [0.25, 0.3) is 0 Å². The molecule has 1 heterocycles. The molecule has 1 aromatic heterocycles. The molecule has 0 bridgehead atoms. The van der Waals surface area contributed by atoms with Crippen molar-refractivity contribution in [1.82, 2.24) is 4.57 Å². The van der Waals surface area contributed by atoms with Gasteiger partial charge in [0.15, 0.2) is 0 Å². The van der Waals surface area contributed by atoms with E-state index in [1.807, 2.05) is 0 Å². The number of alkyl halides is 1. The normalized spacial score (nSPS) is 21.1. The van der Waals surface area contributed by atoms with E-state index in [-0.39, 0.29) is 22.9 Å². The summed E-state index contributed by atoms with van der Waals surface area (Å²) in [4.78, 5) is 23.2. The Morgan fingerprint density at radius 2 is 2.10 bits per heavy atom. The maximum absolute atomic E-state index is 13.7. The van der Waals surface area contributed by atoms with Gasteiger partial charge in [0, 0.05) is 23.6 Å². The maximum Gasteiger partial charge on any atom is 0.341 e. The summed E-state index contributed by atoms with van der Waals surface area (Å²) in [6.07, 6.45) is 0.265. The van der Waals surface area contributed by atoms with Crippen LogP contribution in [0.3, 0.4) is 0 Å². The minimum absolute atomic E-state index is 0.0999. The molecule has 2 atom stereocenters. The molecule has 3 rings (SSSR count). The molecule has 4 nitrogen and oxygen atoms in total. The summed E-state index contributed by atoms with van der Waals surface area (Å²) < 4.78 is 28.4. The number of halogens is 2. The number of aryl methyl sites for hydroxylation is 1. The van der Waals surface area contributed by atoms with Crippen molar-refractivity contribution in [2.75, 3.05) is 0 Å². The third kappa shape index (κ3) is 1.71. The summed E-state index contributed by atoms with van der Waals surface area (Å²) >= 11 is 0. The zero-order valence-electron chi connectivity index (χ0n) is 10.6. The minimum atomic E-state index is -1.37. The van der Waals surface area contributed by atoms with Crippen LogP contribution in [-0.4, -0.2) is 21.8 Å². The van der Waals surface area contributed by atoms with Gasteiger partial charge in [-0.3, -0.25) is 4.79 Å². The van der Waals surface area contributed by atoms with Crippen LogP contribution in [0.1, 0.15) is 28.4 Å². The van der Waals surface area contributed by atoms with Crippen LogP contribution in [0.4, 0.5) is 8.78 Å². The van der Waals surface area contributed by atoms with E-state index >= 15 is 0 Å². The number of aromatic carboxylic acids is 1. The highest BCUT2D eigenvalue weighted by atomic mass is 19.1. The van der Waals surface area contributed by atoms with E-state index in [9.17, 15) is 18.4 Å². The van der Waals surface area contributed by atoms with Crippen LogP contribution < -0.4 is 5.43 Å². The third-order valence-corrected chi connectivity index (χ3v) is 3.65. The van der Waals surface area contributed by atoms with Gasteiger partial charge in [0.1, 0.15) is 17.6 Å². The van der Waals surface area contributed by atoms with Gasteiger partial charge in [-0.1, -0.05) is 0 Å². The monoisotopic (exact) mass is 279 g/mol. The van der Waals surface area contributed by atoms with E-state index < -0.39 is 35.0 Å². The van der Waals surface area contributed by atoms with Crippen LogP contribution in [-0.2, 0) is 0 Å². The molecule has 0 amide bonds. The number of benzene rings is 1. The Hall–Kier alpha value is -2.24. The molecule has 1 aliphatic carbocycles. The lowest BCUT2D eigenvalue weighted by Gasteiger charge is -2.14. The van der Waals surface area contributed by atoms with Crippen molar-refractivity contribution in [3.63, 3.8) is 0 Å². The van der Waals surface area contributed by atoms with Crippen LogP contribution >= 0.6 is 0 Å². The number of rotatable bonds is 2. The lowest BCUT2D eigenvalue weighted by Crippen LogP contribution is -2.19. The van der Waals surface area contributed by atoms with Crippen molar-refractivity contribution in [1.29, 1.82) is 0 Å². The first-order valence-electron chi connectivity index (χ1n) is 6.13. The lowest BCUT2D eigenvalue weighted by molar-refractivity contribution is 0.0694. The number of aromatic nitrogens is 1. The lowest BCUT2D eigenvalue weighted by atomic mass is 10.1. The average Bonchev–Trinajstić information content (AvgIpc) is 3.11. The fourth-order valence-corrected chi connectivity index (χ4v) is 2.45. The molecule has 6 heteroatoms. The van der Waals surface area contributed by atoms with Crippen molar-refractivity contribution >= 4 is 16.9 Å². The minimum Gasteiger partial charge on any atom is -0.477 e. The molecule has 1 fully saturated rings. The molecular weight excluding hydrogens is 268 g/mol. The smallest absolute Gasteiger partial charge is 0.341 e. The molecule has 0 aliphatic heterocycles. The molecule has 1 aliphatic rings. The van der Waals surface area contributed by atoms with Crippen molar-refractivity contribution in [2.24, 2.45) is 0 Å². The summed E-state index contributed by atoms with van der Waals surface area (Å²) in [5, 5.41) is 9.16. The number of carbonyl (C=O) groups is 1. The van der Waals surface area contributed by atoms with Crippen molar-refractivity contribution < 1.29 is 18.7 Å². The fourth-order valence-electron chi connectivity index (χ4n) is 2.45. The average molecular weight is 279 g/mol. The highest BCUT2D eigenvalue weighted by molar-refractivity contribution is 5.93. The SMILES string of the molecule is Cc1c(F)ccc2c(=O)c(C(=O)O)cn([C@H]3C[C@H]3F)c12. The Bertz CT molecular complexity index is 797. The van der Waals surface area contributed by atoms with Gasteiger partial charge in [-0.15, -0.1) is 0 Å². The first-order valence-corrected chi connectivity index (χ1v) is 6.13. The van der Waals surface area contributed by atoms with Gasteiger partial charge in [-0.2, -0.15) is 0 Å². The highest BCUT2D eigenvalue weighted by Crippen LogP contribution is 2.41. The summed E-state index contributed by atoms with van der Waals surface area (Å²) in [6.45, 7) is 1.49. The van der Waals surface area contributed by atoms with Gasteiger partial charge in [0.05, 0.1) is 11.6 Å². The van der Waals surface area contributed by atoms with Gasteiger partial charge in [-0.05, 0) is 19.1 Å². The first kappa shape index (κ1) is 12.8. The predicted octanol–water partition coefficient (Wildman–Crippen LogP) is 2.43. The van der Waals surface area contributed by atoms with Crippen LogP contribution in [0.5, 0.6) is 0 Å². The largest absolute Gasteiger partial charge is 0.477 e. The van der Waals surface area contributed by atoms with E-state index in [4.69, 9.17) is 5.11 Å². The molecule has 0 unspecified atom stereocenters. The second-order valence-corrected chi connectivity index (χ2v) is 4.97. The quantitative estimate of drug-likeness (QED) is 0.918. The van der Waals surface area contributed by atoms with E-state index in [1.54, 1.807) is 0 Å². The predicted molar refractivity (Wildman–Crippen MR) is 68.4 cm³/mol. The van der Waals surface area contributed by atoms with Crippen LogP contribution in [0, 0.1) is 12.7 Å². The molecule has 0 spiro atoms. The Balaban J connectivity index is 2.45. The molecular formula is C14H11F2NO3. The third-order valence-electron chi connectivity index (χ3n) is 3.65. The second-order valence-electron chi connectivity index (χ2n) is 4.97. The Kier molecular flexibility index (Phi) is 2.64. The van der Waals surface area contributed by atoms with Gasteiger partial charge < -0.3 is 9.67 Å². The van der Waals surface area contributed by atoms with Crippen molar-refractivity contribution in [2.45, 2.75) is 25.6 Å². The number of hydrogen-bond acceptors (Lipinski definition) is 2. The summed E-state index contributed by atoms with van der Waals surface area (Å²) in [5.74, 6) is -1.88. The van der Waals surface area contributed by atoms with Gasteiger partial charge >= 0.3 is 5.97 Å². The van der Waals surface area contributed by atoms with E-state index in [0.29, 0.717) is 0 Å². The zero-order chi connectivity index (χ0) is 14.6. The molecule has 20 heavy (non-hydrogen) atoms. The standard InChI is InChI=1S/C14H11F2NO3/c1-6-9(15)3-2-7-12(6)17(11-4-10(11)16)5-8(13(7)18)14(19)20/h2-3,5,10-11H,4H2,1H3,(H,19,20)/t10-,11+/m1/s1. The number of pyridine rings is 1. The first-order chi connectivity index (χ1) is 9.41. The number of nitrogens with zero attached hydrogens (tertiary/aromatic N) is 1. The van der Waals surface area contributed by atoms with Gasteiger partial charge in [-0.25, -0.2) is 13.6 Å². The molecule has 0 saturated heterocycles. The topological polar surface area (TPSA) is 59.3 Å². The molecule has 1 saturated carbocycles. The molecule has 1 aromatic carbocycles. The Morgan fingerprint density at radius 1 is 1.45 bits per heavy atom. The van der Waals surface area contributed by atoms with E-state index in [2.05, 4.69) is 0 Å². The number of hydrogen-bond donors (Lipinski definition) is 1. The maximum atomic E-state index is 13.7. The summed E-state index contributed by atoms with van der Waals surface area (Å²) in [7, 11) is 0. The van der Waals surface area contributed by atoms with Crippen LogP contribution in [0.2, 0.25) is 0 Å². The van der Waals surface area contributed by atoms with E-state index in [1.165, 1.54) is 17.6 Å². The number of carboxylic acid groups (broad SMARTS) is 1. The van der Waals surface area contributed by atoms with Gasteiger partial charge in [0.2, 0.25) is 5.43 Å². The highest BCUT2D eigenvalue weighted by Gasteiger charge is 2.40. The Morgan fingerprint density at radius 3 is 2.65 bits per heavy atom. The number of carboxylic acids is 1. The Labute approximate surface area is 112 Å². The second kappa shape index (κ2) is 4.13. The number of fused-ring (bicyclic) bond motifs is 1. The van der Waals surface area contributed by atoms with Crippen molar-refractivity contribution in [3.8, 4) is 0 Å². The van der Waals surface area contributed by atoms with Crippen LogP contribution in [0.15, 0.2) is 23.1 Å². The molecule has 2 aromatic rings. The molecule has 1 N–H and O–H groups in total. The fraction of sp³-hybridized carbons (Fsp3) is 0.286. The summed E-state index contributed by atoms with van der Waals surface area (Å²) in [6, 6.07) is 1.84. The zero-order valence-corrected chi connectivity index (χ0v) is 10.6. The molecule has 0 radical (unpaired) electrons. The van der Waals surface area contributed by atoms with Crippen LogP contribution in [0.25, 0.3) is 10.9 Å². The molecule has 104 valence electrons. The summed E-state index contributed by atoms with van der Waals surface area (Å²) in [5.41, 5.74) is -0.619.